The lowest BCUT2D eigenvalue weighted by molar-refractivity contribution is -0.137. The minimum atomic E-state index is -4.49. The van der Waals surface area contributed by atoms with Gasteiger partial charge in [-0.05, 0) is 43.3 Å². The molecule has 0 amide bonds. The molecule has 0 spiro atoms. The molecule has 0 fully saturated rings. The van der Waals surface area contributed by atoms with Crippen molar-refractivity contribution in [2.75, 3.05) is 0 Å². The molecule has 118 valence electrons. The van der Waals surface area contributed by atoms with Crippen molar-refractivity contribution in [3.05, 3.63) is 74.5 Å². The van der Waals surface area contributed by atoms with Crippen molar-refractivity contribution in [3.8, 4) is 5.69 Å². The Kier molecular flexibility index (Phi) is 3.35. The first-order valence-electron chi connectivity index (χ1n) is 6.61. The molecule has 0 saturated heterocycles. The fourth-order valence-corrected chi connectivity index (χ4v) is 2.27. The summed E-state index contributed by atoms with van der Waals surface area (Å²) < 4.78 is 43.5. The van der Waals surface area contributed by atoms with Crippen LogP contribution in [0.5, 0.6) is 0 Å². The van der Waals surface area contributed by atoms with Gasteiger partial charge in [-0.3, -0.25) is 4.79 Å². The van der Waals surface area contributed by atoms with Crippen LogP contribution < -0.4 is 11.3 Å². The Labute approximate surface area is 127 Å². The van der Waals surface area contributed by atoms with E-state index >= 15 is 0 Å². The minimum absolute atomic E-state index is 0.0140. The number of benzene rings is 2. The third-order valence-corrected chi connectivity index (χ3v) is 3.40. The summed E-state index contributed by atoms with van der Waals surface area (Å²) in [5, 5.41) is 0.185. The Morgan fingerprint density at radius 1 is 1.00 bits per heavy atom. The van der Waals surface area contributed by atoms with Crippen LogP contribution in [-0.4, -0.2) is 4.57 Å². The lowest BCUT2D eigenvalue weighted by Crippen LogP contribution is -2.31. The first-order valence-corrected chi connectivity index (χ1v) is 6.61. The Hall–Kier alpha value is -2.83. The summed E-state index contributed by atoms with van der Waals surface area (Å²) in [6, 6.07) is 8.48. The molecular formula is C16H10F3NO3. The van der Waals surface area contributed by atoms with Gasteiger partial charge in [0.2, 0.25) is 0 Å². The quantitative estimate of drug-likeness (QED) is 0.691. The van der Waals surface area contributed by atoms with Crippen LogP contribution in [0.4, 0.5) is 13.2 Å². The van der Waals surface area contributed by atoms with Crippen LogP contribution in [0, 0.1) is 6.92 Å². The van der Waals surface area contributed by atoms with Gasteiger partial charge in [0.25, 0.3) is 5.56 Å². The third kappa shape index (κ3) is 2.65. The van der Waals surface area contributed by atoms with Crippen LogP contribution in [-0.2, 0) is 6.18 Å². The highest BCUT2D eigenvalue weighted by Crippen LogP contribution is 2.29. The number of nitrogens with zero attached hydrogens (tertiary/aromatic N) is 1. The summed E-state index contributed by atoms with van der Waals surface area (Å²) in [4.78, 5) is 24.5. The second-order valence-electron chi connectivity index (χ2n) is 5.05. The summed E-state index contributed by atoms with van der Waals surface area (Å²) in [7, 11) is 0. The standard InChI is InChI=1S/C16H10F3NO3/c1-9-2-7-13-12(8-9)14(21)20(15(22)23-13)11-5-3-10(4-6-11)16(17,18)19/h2-8H,1H3. The molecule has 3 aromatic rings. The Morgan fingerprint density at radius 2 is 1.65 bits per heavy atom. The van der Waals surface area contributed by atoms with Gasteiger partial charge in [-0.1, -0.05) is 11.6 Å². The van der Waals surface area contributed by atoms with E-state index in [4.69, 9.17) is 4.42 Å². The average molecular weight is 321 g/mol. The van der Waals surface area contributed by atoms with Gasteiger partial charge in [-0.2, -0.15) is 13.2 Å². The van der Waals surface area contributed by atoms with Crippen LogP contribution in [0.15, 0.2) is 56.5 Å². The van der Waals surface area contributed by atoms with Crippen molar-refractivity contribution in [1.29, 1.82) is 0 Å². The lowest BCUT2D eigenvalue weighted by atomic mass is 10.1. The minimum Gasteiger partial charge on any atom is -0.409 e. The van der Waals surface area contributed by atoms with Crippen molar-refractivity contribution in [2.24, 2.45) is 0 Å². The zero-order chi connectivity index (χ0) is 16.8. The number of aromatic nitrogens is 1. The number of aryl methyl sites for hydroxylation is 1. The van der Waals surface area contributed by atoms with Crippen LogP contribution in [0.1, 0.15) is 11.1 Å². The van der Waals surface area contributed by atoms with Crippen molar-refractivity contribution in [3.63, 3.8) is 0 Å². The number of hydrogen-bond acceptors (Lipinski definition) is 3. The number of fused-ring (bicyclic) bond motifs is 1. The second kappa shape index (κ2) is 5.12. The summed E-state index contributed by atoms with van der Waals surface area (Å²) >= 11 is 0. The van der Waals surface area contributed by atoms with Gasteiger partial charge in [0.05, 0.1) is 16.6 Å². The van der Waals surface area contributed by atoms with Crippen molar-refractivity contribution >= 4 is 11.0 Å². The fraction of sp³-hybridized carbons (Fsp3) is 0.125. The molecule has 0 bridgehead atoms. The van der Waals surface area contributed by atoms with Gasteiger partial charge < -0.3 is 4.42 Å². The van der Waals surface area contributed by atoms with E-state index in [1.54, 1.807) is 19.1 Å². The Bertz CT molecular complexity index is 998. The van der Waals surface area contributed by atoms with Gasteiger partial charge in [-0.25, -0.2) is 9.36 Å². The molecular weight excluding hydrogens is 311 g/mol. The maximum absolute atomic E-state index is 12.6. The highest BCUT2D eigenvalue weighted by molar-refractivity contribution is 5.76. The average Bonchev–Trinajstić information content (AvgIpc) is 2.48. The maximum Gasteiger partial charge on any atom is 0.426 e. The third-order valence-electron chi connectivity index (χ3n) is 3.40. The predicted octanol–water partition coefficient (Wildman–Crippen LogP) is 3.27. The molecule has 2 aromatic carbocycles. The van der Waals surface area contributed by atoms with Crippen LogP contribution in [0.2, 0.25) is 0 Å². The van der Waals surface area contributed by atoms with Crippen LogP contribution in [0.3, 0.4) is 0 Å². The van der Waals surface area contributed by atoms with Crippen molar-refractivity contribution in [2.45, 2.75) is 13.1 Å². The smallest absolute Gasteiger partial charge is 0.409 e. The molecule has 4 nitrogen and oxygen atoms in total. The summed E-state index contributed by atoms with van der Waals surface area (Å²) in [6.07, 6.45) is -4.49. The van der Waals surface area contributed by atoms with Gasteiger partial charge in [0.1, 0.15) is 5.58 Å². The zero-order valence-electron chi connectivity index (χ0n) is 11.8. The maximum atomic E-state index is 12.6. The first-order chi connectivity index (χ1) is 10.8. The van der Waals surface area contributed by atoms with Crippen molar-refractivity contribution < 1.29 is 17.6 Å². The number of alkyl halides is 3. The molecule has 1 aromatic heterocycles. The molecule has 0 atom stereocenters. The second-order valence-corrected chi connectivity index (χ2v) is 5.05. The van der Waals surface area contributed by atoms with E-state index in [9.17, 15) is 22.8 Å². The molecule has 23 heavy (non-hydrogen) atoms. The number of hydrogen-bond donors (Lipinski definition) is 0. The van der Waals surface area contributed by atoms with E-state index in [1.807, 2.05) is 0 Å². The van der Waals surface area contributed by atoms with E-state index in [-0.39, 0.29) is 16.7 Å². The van der Waals surface area contributed by atoms with E-state index in [0.717, 1.165) is 29.8 Å². The molecule has 7 heteroatoms. The normalized spacial score (nSPS) is 11.8. The molecule has 0 unspecified atom stereocenters. The number of halogens is 3. The summed E-state index contributed by atoms with van der Waals surface area (Å²) in [5.41, 5.74) is -0.564. The SMILES string of the molecule is Cc1ccc2oc(=O)n(-c3ccc(C(F)(F)F)cc3)c(=O)c2c1. The van der Waals surface area contributed by atoms with Gasteiger partial charge in [0, 0.05) is 0 Å². The zero-order valence-corrected chi connectivity index (χ0v) is 11.8. The fourth-order valence-electron chi connectivity index (χ4n) is 2.27. The summed E-state index contributed by atoms with van der Waals surface area (Å²) in [5.74, 6) is -0.953. The molecule has 0 saturated carbocycles. The summed E-state index contributed by atoms with van der Waals surface area (Å²) in [6.45, 7) is 1.77. The molecule has 3 rings (SSSR count). The van der Waals surface area contributed by atoms with Crippen LogP contribution >= 0.6 is 0 Å². The Balaban J connectivity index is 2.24. The lowest BCUT2D eigenvalue weighted by Gasteiger charge is -2.09. The molecule has 0 aliphatic heterocycles. The highest BCUT2D eigenvalue weighted by atomic mass is 19.4. The molecule has 0 radical (unpaired) electrons. The van der Waals surface area contributed by atoms with Crippen molar-refractivity contribution in [1.82, 2.24) is 4.57 Å². The molecule has 0 aliphatic rings. The van der Waals surface area contributed by atoms with E-state index in [1.165, 1.54) is 6.07 Å². The van der Waals surface area contributed by atoms with Gasteiger partial charge in [0.15, 0.2) is 0 Å². The first kappa shape index (κ1) is 15.1. The van der Waals surface area contributed by atoms with E-state index < -0.39 is 23.1 Å². The highest BCUT2D eigenvalue weighted by Gasteiger charge is 2.30. The van der Waals surface area contributed by atoms with E-state index in [2.05, 4.69) is 0 Å². The van der Waals surface area contributed by atoms with Gasteiger partial charge in [-0.15, -0.1) is 0 Å². The topological polar surface area (TPSA) is 52.2 Å². The van der Waals surface area contributed by atoms with Gasteiger partial charge >= 0.3 is 11.9 Å². The molecule has 0 aliphatic carbocycles. The van der Waals surface area contributed by atoms with E-state index in [0.29, 0.717) is 4.57 Å². The largest absolute Gasteiger partial charge is 0.426 e. The van der Waals surface area contributed by atoms with Crippen LogP contribution in [0.25, 0.3) is 16.7 Å². The predicted molar refractivity (Wildman–Crippen MR) is 77.8 cm³/mol. The number of rotatable bonds is 1. The molecule has 0 N–H and O–H groups in total. The Morgan fingerprint density at radius 3 is 2.26 bits per heavy atom. The molecule has 1 heterocycles. The monoisotopic (exact) mass is 321 g/mol.